The molecule has 2 aromatic rings. The van der Waals surface area contributed by atoms with Crippen LogP contribution in [0.15, 0.2) is 6.33 Å². The molecule has 3 N–H and O–H groups in total. The van der Waals surface area contributed by atoms with Crippen LogP contribution in [0.4, 0.5) is 5.82 Å². The van der Waals surface area contributed by atoms with Crippen molar-refractivity contribution in [1.82, 2.24) is 19.9 Å². The molecule has 1 unspecified atom stereocenters. The van der Waals surface area contributed by atoms with Crippen molar-refractivity contribution in [2.24, 2.45) is 0 Å². The summed E-state index contributed by atoms with van der Waals surface area (Å²) in [5, 5.41) is 3.82. The molecular formula is C15H23N5O. The second kappa shape index (κ2) is 5.02. The van der Waals surface area contributed by atoms with Crippen molar-refractivity contribution in [3.05, 3.63) is 17.6 Å². The molecule has 6 heteroatoms. The summed E-state index contributed by atoms with van der Waals surface area (Å²) >= 11 is 0. The predicted molar refractivity (Wildman–Crippen MR) is 84.0 cm³/mol. The van der Waals surface area contributed by atoms with Crippen LogP contribution in [-0.4, -0.2) is 26.0 Å². The van der Waals surface area contributed by atoms with E-state index in [4.69, 9.17) is 5.73 Å². The molecule has 0 aromatic carbocycles. The Balaban J connectivity index is 2.54. The molecule has 0 saturated heterocycles. The van der Waals surface area contributed by atoms with E-state index in [2.05, 4.69) is 15.3 Å². The summed E-state index contributed by atoms with van der Waals surface area (Å²) in [6, 6.07) is -0.366. The Labute approximate surface area is 124 Å². The largest absolute Gasteiger partial charge is 0.383 e. The first-order valence-corrected chi connectivity index (χ1v) is 7.03. The number of aryl methyl sites for hydroxylation is 1. The molecule has 114 valence electrons. The first-order valence-electron chi connectivity index (χ1n) is 7.03. The number of rotatable bonds is 2. The van der Waals surface area contributed by atoms with E-state index in [0.717, 1.165) is 16.6 Å². The lowest BCUT2D eigenvalue weighted by Crippen LogP contribution is -2.43. The van der Waals surface area contributed by atoms with Crippen molar-refractivity contribution in [2.75, 3.05) is 5.73 Å². The maximum absolute atomic E-state index is 12.4. The molecule has 2 rings (SSSR count). The van der Waals surface area contributed by atoms with Gasteiger partial charge in [-0.05, 0) is 47.1 Å². The Morgan fingerprint density at radius 3 is 2.52 bits per heavy atom. The molecule has 1 amide bonds. The van der Waals surface area contributed by atoms with Crippen LogP contribution in [0.1, 0.15) is 45.0 Å². The van der Waals surface area contributed by atoms with Crippen LogP contribution in [0, 0.1) is 13.8 Å². The zero-order valence-electron chi connectivity index (χ0n) is 13.5. The van der Waals surface area contributed by atoms with Crippen molar-refractivity contribution in [3.8, 4) is 0 Å². The summed E-state index contributed by atoms with van der Waals surface area (Å²) in [4.78, 5) is 20.8. The molecule has 0 bridgehead atoms. The number of amides is 1. The minimum absolute atomic E-state index is 0.0420. The lowest BCUT2D eigenvalue weighted by molar-refractivity contribution is -0.125. The SMILES string of the molecule is Cc1c(C)n(C(C)C(=O)NC(C)(C)C)c2ncnc(N)c12. The Morgan fingerprint density at radius 1 is 1.33 bits per heavy atom. The normalized spacial score (nSPS) is 13.4. The maximum atomic E-state index is 12.4. The third-order valence-corrected chi connectivity index (χ3v) is 3.63. The highest BCUT2D eigenvalue weighted by atomic mass is 16.2. The molecule has 2 aromatic heterocycles. The smallest absolute Gasteiger partial charge is 0.243 e. The average molecular weight is 289 g/mol. The minimum atomic E-state index is -0.366. The fourth-order valence-electron chi connectivity index (χ4n) is 2.52. The first kappa shape index (κ1) is 15.3. The highest BCUT2D eigenvalue weighted by Crippen LogP contribution is 2.29. The number of carbonyl (C=O) groups is 1. The van der Waals surface area contributed by atoms with Gasteiger partial charge in [-0.3, -0.25) is 4.79 Å². The van der Waals surface area contributed by atoms with Crippen LogP contribution in [-0.2, 0) is 4.79 Å². The summed E-state index contributed by atoms with van der Waals surface area (Å²) in [5.74, 6) is 0.405. The van der Waals surface area contributed by atoms with E-state index in [9.17, 15) is 4.79 Å². The van der Waals surface area contributed by atoms with E-state index >= 15 is 0 Å². The highest BCUT2D eigenvalue weighted by Gasteiger charge is 2.25. The molecule has 6 nitrogen and oxygen atoms in total. The number of nitrogens with one attached hydrogen (secondary N) is 1. The topological polar surface area (TPSA) is 85.8 Å². The Hall–Kier alpha value is -2.11. The maximum Gasteiger partial charge on any atom is 0.243 e. The number of hydrogen-bond acceptors (Lipinski definition) is 4. The molecular weight excluding hydrogens is 266 g/mol. The van der Waals surface area contributed by atoms with Crippen LogP contribution in [0.2, 0.25) is 0 Å². The zero-order chi connectivity index (χ0) is 15.9. The number of nitrogens with two attached hydrogens (primary N) is 1. The van der Waals surface area contributed by atoms with E-state index in [1.807, 2.05) is 46.1 Å². The van der Waals surface area contributed by atoms with Gasteiger partial charge >= 0.3 is 0 Å². The van der Waals surface area contributed by atoms with Gasteiger partial charge in [0.05, 0.1) is 5.39 Å². The molecule has 0 fully saturated rings. The summed E-state index contributed by atoms with van der Waals surface area (Å²) < 4.78 is 1.92. The zero-order valence-corrected chi connectivity index (χ0v) is 13.5. The van der Waals surface area contributed by atoms with Gasteiger partial charge in [-0.15, -0.1) is 0 Å². The van der Waals surface area contributed by atoms with Crippen LogP contribution in [0.3, 0.4) is 0 Å². The third-order valence-electron chi connectivity index (χ3n) is 3.63. The molecule has 2 heterocycles. The average Bonchev–Trinajstić information content (AvgIpc) is 2.60. The van der Waals surface area contributed by atoms with E-state index in [-0.39, 0.29) is 17.5 Å². The van der Waals surface area contributed by atoms with Crippen molar-refractivity contribution in [3.63, 3.8) is 0 Å². The van der Waals surface area contributed by atoms with Crippen molar-refractivity contribution in [1.29, 1.82) is 0 Å². The van der Waals surface area contributed by atoms with Crippen molar-refractivity contribution in [2.45, 2.75) is 53.1 Å². The van der Waals surface area contributed by atoms with E-state index < -0.39 is 0 Å². The number of anilines is 1. The predicted octanol–water partition coefficient (Wildman–Crippen LogP) is 2.11. The second-order valence-electron chi connectivity index (χ2n) is 6.45. The quantitative estimate of drug-likeness (QED) is 0.886. The molecule has 0 spiro atoms. The van der Waals surface area contributed by atoms with Gasteiger partial charge in [0.25, 0.3) is 0 Å². The number of nitrogen functional groups attached to an aromatic ring is 1. The standard InChI is InChI=1S/C15H23N5O/c1-8-9(2)20(10(3)14(21)19-15(4,5)6)13-11(8)12(16)17-7-18-13/h7,10H,1-6H3,(H,19,21)(H2,16,17,18). The van der Waals surface area contributed by atoms with Gasteiger partial charge in [0.2, 0.25) is 5.91 Å². The number of aromatic nitrogens is 3. The summed E-state index contributed by atoms with van der Waals surface area (Å²) in [5.41, 5.74) is 8.38. The molecule has 0 aliphatic heterocycles. The van der Waals surface area contributed by atoms with Crippen LogP contribution < -0.4 is 11.1 Å². The Bertz CT molecular complexity index is 696. The van der Waals surface area contributed by atoms with Crippen molar-refractivity contribution < 1.29 is 4.79 Å². The lowest BCUT2D eigenvalue weighted by Gasteiger charge is -2.24. The molecule has 21 heavy (non-hydrogen) atoms. The molecule has 1 atom stereocenters. The van der Waals surface area contributed by atoms with Gasteiger partial charge in [-0.25, -0.2) is 9.97 Å². The first-order chi connectivity index (χ1) is 9.63. The number of carbonyl (C=O) groups excluding carboxylic acids is 1. The summed E-state index contributed by atoms with van der Waals surface area (Å²) in [6.07, 6.45) is 1.43. The fourth-order valence-corrected chi connectivity index (χ4v) is 2.52. The minimum Gasteiger partial charge on any atom is -0.383 e. The van der Waals surface area contributed by atoms with Crippen LogP contribution >= 0.6 is 0 Å². The van der Waals surface area contributed by atoms with Gasteiger partial charge in [0, 0.05) is 11.2 Å². The highest BCUT2D eigenvalue weighted by molar-refractivity contribution is 5.92. The number of fused-ring (bicyclic) bond motifs is 1. The second-order valence-corrected chi connectivity index (χ2v) is 6.45. The van der Waals surface area contributed by atoms with Gasteiger partial charge in [0.1, 0.15) is 23.8 Å². The Morgan fingerprint density at radius 2 is 1.95 bits per heavy atom. The molecule has 0 aliphatic rings. The van der Waals surface area contributed by atoms with E-state index in [0.29, 0.717) is 11.5 Å². The number of nitrogens with zero attached hydrogens (tertiary/aromatic N) is 3. The monoisotopic (exact) mass is 289 g/mol. The molecule has 0 saturated carbocycles. The fraction of sp³-hybridized carbons (Fsp3) is 0.533. The Kier molecular flexibility index (Phi) is 3.65. The third kappa shape index (κ3) is 2.70. The van der Waals surface area contributed by atoms with E-state index in [1.54, 1.807) is 0 Å². The van der Waals surface area contributed by atoms with Gasteiger partial charge < -0.3 is 15.6 Å². The van der Waals surface area contributed by atoms with Crippen LogP contribution in [0.25, 0.3) is 11.0 Å². The summed E-state index contributed by atoms with van der Waals surface area (Å²) in [6.45, 7) is 11.7. The van der Waals surface area contributed by atoms with Gasteiger partial charge in [0.15, 0.2) is 0 Å². The van der Waals surface area contributed by atoms with Crippen LogP contribution in [0.5, 0.6) is 0 Å². The van der Waals surface area contributed by atoms with Gasteiger partial charge in [-0.2, -0.15) is 0 Å². The molecule has 0 aliphatic carbocycles. The molecule has 0 radical (unpaired) electrons. The lowest BCUT2D eigenvalue weighted by atomic mass is 10.1. The number of hydrogen-bond donors (Lipinski definition) is 2. The van der Waals surface area contributed by atoms with Gasteiger partial charge in [-0.1, -0.05) is 0 Å². The van der Waals surface area contributed by atoms with E-state index in [1.165, 1.54) is 6.33 Å². The van der Waals surface area contributed by atoms with Crippen molar-refractivity contribution >= 4 is 22.8 Å². The summed E-state index contributed by atoms with van der Waals surface area (Å²) in [7, 11) is 0.